The lowest BCUT2D eigenvalue weighted by molar-refractivity contribution is -0.125. The summed E-state index contributed by atoms with van der Waals surface area (Å²) in [4.78, 5) is 18.1. The van der Waals surface area contributed by atoms with Crippen molar-refractivity contribution in [2.45, 2.75) is 64.8 Å². The average molecular weight is 309 g/mol. The molecule has 0 aliphatic heterocycles. The molecule has 21 heavy (non-hydrogen) atoms. The van der Waals surface area contributed by atoms with E-state index in [4.69, 9.17) is 5.73 Å². The molecule has 118 valence electrons. The predicted molar refractivity (Wildman–Crippen MR) is 87.2 cm³/mol. The number of carbonyl (C=O) groups excluding carboxylic acids is 1. The van der Waals surface area contributed by atoms with Crippen molar-refractivity contribution in [2.24, 2.45) is 11.1 Å². The Hall–Kier alpha value is -0.940. The van der Waals surface area contributed by atoms with Gasteiger partial charge in [0.05, 0.1) is 5.54 Å². The minimum absolute atomic E-state index is 0.0111. The van der Waals surface area contributed by atoms with Crippen LogP contribution >= 0.6 is 11.3 Å². The van der Waals surface area contributed by atoms with E-state index >= 15 is 0 Å². The molecule has 0 bridgehead atoms. The van der Waals surface area contributed by atoms with Gasteiger partial charge in [-0.15, -0.1) is 11.3 Å². The lowest BCUT2D eigenvalue weighted by Gasteiger charge is -2.36. The summed E-state index contributed by atoms with van der Waals surface area (Å²) in [5.41, 5.74) is 5.57. The van der Waals surface area contributed by atoms with Crippen LogP contribution in [0.15, 0.2) is 6.20 Å². The van der Waals surface area contributed by atoms with Gasteiger partial charge in [0.25, 0.3) is 0 Å². The van der Waals surface area contributed by atoms with Crippen LogP contribution in [0.5, 0.6) is 0 Å². The van der Waals surface area contributed by atoms with Gasteiger partial charge >= 0.3 is 0 Å². The smallest absolute Gasteiger partial charge is 0.221 e. The SMILES string of the molecule is Cc1cnc(C(C)(C)NC(=O)CC2(CN)CCCCC2)s1. The van der Waals surface area contributed by atoms with Crippen molar-refractivity contribution in [3.05, 3.63) is 16.1 Å². The second-order valence-corrected chi connectivity index (χ2v) is 8.13. The number of hydrogen-bond donors (Lipinski definition) is 2. The van der Waals surface area contributed by atoms with E-state index in [0.717, 1.165) is 22.7 Å². The summed E-state index contributed by atoms with van der Waals surface area (Å²) in [7, 11) is 0. The molecule has 1 fully saturated rings. The van der Waals surface area contributed by atoms with Gasteiger partial charge in [-0.2, -0.15) is 0 Å². The van der Waals surface area contributed by atoms with Crippen LogP contribution in [-0.4, -0.2) is 17.4 Å². The van der Waals surface area contributed by atoms with E-state index in [-0.39, 0.29) is 11.3 Å². The molecule has 5 heteroatoms. The maximum atomic E-state index is 12.5. The maximum absolute atomic E-state index is 12.5. The summed E-state index contributed by atoms with van der Waals surface area (Å²) in [6.07, 6.45) is 8.21. The Bertz CT molecular complexity index is 489. The molecular weight excluding hydrogens is 282 g/mol. The Morgan fingerprint density at radius 2 is 2.10 bits per heavy atom. The first-order chi connectivity index (χ1) is 9.87. The van der Waals surface area contributed by atoms with Crippen molar-refractivity contribution in [1.82, 2.24) is 10.3 Å². The van der Waals surface area contributed by atoms with E-state index in [1.807, 2.05) is 27.0 Å². The molecule has 1 aromatic heterocycles. The van der Waals surface area contributed by atoms with E-state index in [0.29, 0.717) is 13.0 Å². The number of thiazole rings is 1. The number of amides is 1. The molecule has 1 amide bonds. The van der Waals surface area contributed by atoms with Crippen LogP contribution in [0, 0.1) is 12.3 Å². The van der Waals surface area contributed by atoms with E-state index in [1.54, 1.807) is 11.3 Å². The third kappa shape index (κ3) is 4.04. The van der Waals surface area contributed by atoms with Crippen LogP contribution in [0.2, 0.25) is 0 Å². The molecular formula is C16H27N3OS. The number of hydrogen-bond acceptors (Lipinski definition) is 4. The number of nitrogens with zero attached hydrogens (tertiary/aromatic N) is 1. The summed E-state index contributed by atoms with van der Waals surface area (Å²) in [5.74, 6) is 0.0974. The highest BCUT2D eigenvalue weighted by molar-refractivity contribution is 7.11. The molecule has 1 aromatic rings. The summed E-state index contributed by atoms with van der Waals surface area (Å²) in [6.45, 7) is 6.67. The summed E-state index contributed by atoms with van der Waals surface area (Å²) < 4.78 is 0. The van der Waals surface area contributed by atoms with Gasteiger partial charge in [-0.05, 0) is 45.6 Å². The first-order valence-corrected chi connectivity index (χ1v) is 8.63. The van der Waals surface area contributed by atoms with Crippen molar-refractivity contribution in [3.63, 3.8) is 0 Å². The van der Waals surface area contributed by atoms with Crippen molar-refractivity contribution in [2.75, 3.05) is 6.54 Å². The van der Waals surface area contributed by atoms with Gasteiger partial charge in [0.1, 0.15) is 5.01 Å². The van der Waals surface area contributed by atoms with Crippen LogP contribution in [0.1, 0.15) is 62.3 Å². The third-order valence-electron chi connectivity index (χ3n) is 4.49. The van der Waals surface area contributed by atoms with E-state index in [2.05, 4.69) is 10.3 Å². The number of nitrogens with one attached hydrogen (secondary N) is 1. The van der Waals surface area contributed by atoms with Crippen LogP contribution in [0.3, 0.4) is 0 Å². The summed E-state index contributed by atoms with van der Waals surface area (Å²) >= 11 is 1.64. The van der Waals surface area contributed by atoms with E-state index < -0.39 is 5.54 Å². The van der Waals surface area contributed by atoms with Crippen molar-refractivity contribution >= 4 is 17.2 Å². The van der Waals surface area contributed by atoms with Gasteiger partial charge in [0.15, 0.2) is 0 Å². The van der Waals surface area contributed by atoms with Crippen molar-refractivity contribution in [1.29, 1.82) is 0 Å². The molecule has 0 atom stereocenters. The molecule has 0 saturated heterocycles. The summed E-state index contributed by atoms with van der Waals surface area (Å²) in [6, 6.07) is 0. The fourth-order valence-electron chi connectivity index (χ4n) is 3.19. The zero-order chi connectivity index (χ0) is 15.5. The Labute approximate surface area is 131 Å². The van der Waals surface area contributed by atoms with Gasteiger partial charge in [0, 0.05) is 17.5 Å². The van der Waals surface area contributed by atoms with E-state index in [9.17, 15) is 4.79 Å². The molecule has 4 nitrogen and oxygen atoms in total. The Kier molecular flexibility index (Phi) is 5.04. The van der Waals surface area contributed by atoms with Gasteiger partial charge in [-0.1, -0.05) is 19.3 Å². The molecule has 0 unspecified atom stereocenters. The monoisotopic (exact) mass is 309 g/mol. The lowest BCUT2D eigenvalue weighted by atomic mass is 9.71. The van der Waals surface area contributed by atoms with Crippen molar-refractivity contribution < 1.29 is 4.79 Å². The predicted octanol–water partition coefficient (Wildman–Crippen LogP) is 3.10. The molecule has 2 rings (SSSR count). The molecule has 1 aliphatic rings. The van der Waals surface area contributed by atoms with Gasteiger partial charge in [-0.25, -0.2) is 4.98 Å². The largest absolute Gasteiger partial charge is 0.345 e. The second kappa shape index (κ2) is 6.44. The van der Waals surface area contributed by atoms with Crippen molar-refractivity contribution in [3.8, 4) is 0 Å². The number of aryl methyl sites for hydroxylation is 1. The molecule has 1 heterocycles. The molecule has 0 aromatic carbocycles. The minimum Gasteiger partial charge on any atom is -0.345 e. The second-order valence-electron chi connectivity index (χ2n) is 6.89. The number of aromatic nitrogens is 1. The topological polar surface area (TPSA) is 68.0 Å². The van der Waals surface area contributed by atoms with Crippen LogP contribution in [-0.2, 0) is 10.3 Å². The van der Waals surface area contributed by atoms with Gasteiger partial charge in [-0.3, -0.25) is 4.79 Å². The Morgan fingerprint density at radius 1 is 1.43 bits per heavy atom. The molecule has 1 aliphatic carbocycles. The van der Waals surface area contributed by atoms with Crippen LogP contribution in [0.4, 0.5) is 0 Å². The fraction of sp³-hybridized carbons (Fsp3) is 0.750. The number of carbonyl (C=O) groups is 1. The number of nitrogens with two attached hydrogens (primary N) is 1. The standard InChI is InChI=1S/C16H27N3OS/c1-12-10-18-14(21-12)15(2,3)19-13(20)9-16(11-17)7-5-4-6-8-16/h10H,4-9,11,17H2,1-3H3,(H,19,20). The normalized spacial score (nSPS) is 18.5. The quantitative estimate of drug-likeness (QED) is 0.878. The van der Waals surface area contributed by atoms with Crippen LogP contribution in [0.25, 0.3) is 0 Å². The highest BCUT2D eigenvalue weighted by Gasteiger charge is 2.35. The first-order valence-electron chi connectivity index (χ1n) is 7.81. The van der Waals surface area contributed by atoms with Crippen LogP contribution < -0.4 is 11.1 Å². The molecule has 0 spiro atoms. The lowest BCUT2D eigenvalue weighted by Crippen LogP contribution is -2.45. The minimum atomic E-state index is -0.416. The van der Waals surface area contributed by atoms with Gasteiger partial charge in [0.2, 0.25) is 5.91 Å². The number of rotatable bonds is 5. The first kappa shape index (κ1) is 16.4. The molecule has 3 N–H and O–H groups in total. The van der Waals surface area contributed by atoms with E-state index in [1.165, 1.54) is 19.3 Å². The molecule has 1 saturated carbocycles. The van der Waals surface area contributed by atoms with Gasteiger partial charge < -0.3 is 11.1 Å². The highest BCUT2D eigenvalue weighted by Crippen LogP contribution is 2.38. The maximum Gasteiger partial charge on any atom is 0.221 e. The zero-order valence-electron chi connectivity index (χ0n) is 13.4. The highest BCUT2D eigenvalue weighted by atomic mass is 32.1. The zero-order valence-corrected chi connectivity index (χ0v) is 14.2. The Morgan fingerprint density at radius 3 is 2.62 bits per heavy atom. The third-order valence-corrected chi connectivity index (χ3v) is 5.73. The molecule has 0 radical (unpaired) electrons. The summed E-state index contributed by atoms with van der Waals surface area (Å²) in [5, 5.41) is 4.10. The fourth-order valence-corrected chi connectivity index (χ4v) is 4.01. The Balaban J connectivity index is 2.00. The average Bonchev–Trinajstić information content (AvgIpc) is 2.86.